The molecular weight excluding hydrogens is 208 g/mol. The van der Waals surface area contributed by atoms with Crippen LogP contribution in [0.15, 0.2) is 0 Å². The summed E-state index contributed by atoms with van der Waals surface area (Å²) in [6.45, 7) is 14.0. The molecule has 0 radical (unpaired) electrons. The van der Waals surface area contributed by atoms with Crippen molar-refractivity contribution in [2.45, 2.75) is 66.0 Å². The van der Waals surface area contributed by atoms with Crippen molar-refractivity contribution in [1.29, 1.82) is 0 Å². The summed E-state index contributed by atoms with van der Waals surface area (Å²) in [5.41, 5.74) is 0.536. The molecule has 2 unspecified atom stereocenters. The summed E-state index contributed by atoms with van der Waals surface area (Å²) in [6.07, 6.45) is 4.08. The fraction of sp³-hybridized carbons (Fsp3) is 1.00. The molecule has 2 nitrogen and oxygen atoms in total. The van der Waals surface area contributed by atoms with Gasteiger partial charge in [-0.05, 0) is 58.0 Å². The zero-order chi connectivity index (χ0) is 13.1. The lowest BCUT2D eigenvalue weighted by Crippen LogP contribution is -2.47. The van der Waals surface area contributed by atoms with Crippen LogP contribution < -0.4 is 5.32 Å². The van der Waals surface area contributed by atoms with E-state index in [0.717, 1.165) is 18.5 Å². The number of nitrogens with zero attached hydrogens (tertiary/aromatic N) is 1. The van der Waals surface area contributed by atoms with Gasteiger partial charge < -0.3 is 10.2 Å². The van der Waals surface area contributed by atoms with Crippen LogP contribution in [-0.4, -0.2) is 37.1 Å². The van der Waals surface area contributed by atoms with Gasteiger partial charge in [0.05, 0.1) is 0 Å². The van der Waals surface area contributed by atoms with Crippen molar-refractivity contribution in [1.82, 2.24) is 10.2 Å². The Balaban J connectivity index is 2.60. The lowest BCUT2D eigenvalue weighted by Gasteiger charge is -2.43. The van der Waals surface area contributed by atoms with Crippen LogP contribution in [0, 0.1) is 11.3 Å². The second kappa shape index (κ2) is 6.19. The Hall–Kier alpha value is -0.0800. The van der Waals surface area contributed by atoms with Crippen LogP contribution in [0.4, 0.5) is 0 Å². The van der Waals surface area contributed by atoms with E-state index in [1.165, 1.54) is 25.8 Å². The van der Waals surface area contributed by atoms with E-state index in [-0.39, 0.29) is 0 Å². The summed E-state index contributed by atoms with van der Waals surface area (Å²) in [7, 11) is 2.26. The van der Waals surface area contributed by atoms with Crippen molar-refractivity contribution >= 4 is 0 Å². The van der Waals surface area contributed by atoms with Gasteiger partial charge in [0.1, 0.15) is 0 Å². The molecule has 17 heavy (non-hydrogen) atoms. The van der Waals surface area contributed by atoms with E-state index in [0.29, 0.717) is 11.5 Å². The summed E-state index contributed by atoms with van der Waals surface area (Å²) in [5.74, 6) is 0.811. The molecular formula is C15H32N2. The highest BCUT2D eigenvalue weighted by atomic mass is 15.1. The Morgan fingerprint density at radius 2 is 2.00 bits per heavy atom. The van der Waals surface area contributed by atoms with Crippen molar-refractivity contribution in [2.75, 3.05) is 20.1 Å². The van der Waals surface area contributed by atoms with Gasteiger partial charge in [-0.3, -0.25) is 0 Å². The molecule has 0 spiro atoms. The Labute approximate surface area is 108 Å². The monoisotopic (exact) mass is 240 g/mol. The number of nitrogens with one attached hydrogen (secondary N) is 1. The minimum Gasteiger partial charge on any atom is -0.314 e. The third-order valence-corrected chi connectivity index (χ3v) is 4.39. The van der Waals surface area contributed by atoms with E-state index in [4.69, 9.17) is 0 Å². The molecule has 0 heterocycles. The molecule has 0 aromatic rings. The Bertz CT molecular complexity index is 223. The minimum atomic E-state index is 0.536. The van der Waals surface area contributed by atoms with Crippen molar-refractivity contribution in [2.24, 2.45) is 11.3 Å². The van der Waals surface area contributed by atoms with Crippen LogP contribution in [0.5, 0.6) is 0 Å². The maximum absolute atomic E-state index is 3.69. The van der Waals surface area contributed by atoms with Crippen LogP contribution in [0.25, 0.3) is 0 Å². The first-order chi connectivity index (χ1) is 7.85. The van der Waals surface area contributed by atoms with Crippen LogP contribution >= 0.6 is 0 Å². The number of rotatable bonds is 5. The lowest BCUT2D eigenvalue weighted by atomic mass is 9.69. The molecule has 0 amide bonds. The average molecular weight is 240 g/mol. The standard InChI is InChI=1S/C15H32N2/c1-7-16-14-8-9-15(4,5)10-13(14)11-17(6)12(2)3/h12-14,16H,7-11H2,1-6H3. The first kappa shape index (κ1) is 15.0. The molecule has 1 N–H and O–H groups in total. The predicted octanol–water partition coefficient (Wildman–Crippen LogP) is 3.13. The molecule has 2 heteroatoms. The first-order valence-electron chi connectivity index (χ1n) is 7.29. The van der Waals surface area contributed by atoms with Gasteiger partial charge in [0.2, 0.25) is 0 Å². The quantitative estimate of drug-likeness (QED) is 0.794. The van der Waals surface area contributed by atoms with Crippen LogP contribution in [0.1, 0.15) is 53.9 Å². The SMILES string of the molecule is CCNC1CCC(C)(C)CC1CN(C)C(C)C. The van der Waals surface area contributed by atoms with E-state index in [9.17, 15) is 0 Å². The highest BCUT2D eigenvalue weighted by Crippen LogP contribution is 2.39. The highest BCUT2D eigenvalue weighted by molar-refractivity contribution is 4.90. The molecule has 0 aromatic heterocycles. The third-order valence-electron chi connectivity index (χ3n) is 4.39. The van der Waals surface area contributed by atoms with E-state index in [2.05, 4.69) is 51.9 Å². The largest absolute Gasteiger partial charge is 0.314 e. The topological polar surface area (TPSA) is 15.3 Å². The van der Waals surface area contributed by atoms with Crippen molar-refractivity contribution in [3.05, 3.63) is 0 Å². The van der Waals surface area contributed by atoms with Crippen molar-refractivity contribution < 1.29 is 0 Å². The zero-order valence-electron chi connectivity index (χ0n) is 12.7. The van der Waals surface area contributed by atoms with Crippen molar-refractivity contribution in [3.63, 3.8) is 0 Å². The van der Waals surface area contributed by atoms with E-state index >= 15 is 0 Å². The Morgan fingerprint density at radius 3 is 2.53 bits per heavy atom. The minimum absolute atomic E-state index is 0.536. The Kier molecular flexibility index (Phi) is 5.46. The molecule has 2 atom stereocenters. The fourth-order valence-corrected chi connectivity index (χ4v) is 3.04. The van der Waals surface area contributed by atoms with Crippen LogP contribution in [-0.2, 0) is 0 Å². The maximum Gasteiger partial charge on any atom is 0.0108 e. The summed E-state index contributed by atoms with van der Waals surface area (Å²) in [5, 5.41) is 3.69. The smallest absolute Gasteiger partial charge is 0.0108 e. The molecule has 0 aliphatic heterocycles. The van der Waals surface area contributed by atoms with Gasteiger partial charge in [0.15, 0.2) is 0 Å². The molecule has 1 aliphatic rings. The van der Waals surface area contributed by atoms with E-state index in [1.54, 1.807) is 0 Å². The molecule has 1 rings (SSSR count). The third kappa shape index (κ3) is 4.59. The highest BCUT2D eigenvalue weighted by Gasteiger charge is 2.34. The fourth-order valence-electron chi connectivity index (χ4n) is 3.04. The van der Waals surface area contributed by atoms with Gasteiger partial charge in [-0.25, -0.2) is 0 Å². The van der Waals surface area contributed by atoms with Gasteiger partial charge in [-0.15, -0.1) is 0 Å². The van der Waals surface area contributed by atoms with E-state index in [1.807, 2.05) is 0 Å². The second-order valence-corrected chi connectivity index (χ2v) is 6.86. The number of hydrogen-bond donors (Lipinski definition) is 1. The van der Waals surface area contributed by atoms with Crippen LogP contribution in [0.3, 0.4) is 0 Å². The number of hydrogen-bond acceptors (Lipinski definition) is 2. The van der Waals surface area contributed by atoms with Gasteiger partial charge in [0, 0.05) is 18.6 Å². The molecule has 1 aliphatic carbocycles. The molecule has 0 aromatic carbocycles. The Morgan fingerprint density at radius 1 is 1.35 bits per heavy atom. The molecule has 0 saturated heterocycles. The predicted molar refractivity (Wildman–Crippen MR) is 76.4 cm³/mol. The van der Waals surface area contributed by atoms with Crippen LogP contribution in [0.2, 0.25) is 0 Å². The summed E-state index contributed by atoms with van der Waals surface area (Å²) in [4.78, 5) is 2.50. The molecule has 102 valence electrons. The maximum atomic E-state index is 3.69. The lowest BCUT2D eigenvalue weighted by molar-refractivity contribution is 0.1000. The average Bonchev–Trinajstić information content (AvgIpc) is 2.21. The van der Waals surface area contributed by atoms with E-state index < -0.39 is 0 Å². The zero-order valence-corrected chi connectivity index (χ0v) is 12.7. The van der Waals surface area contributed by atoms with Gasteiger partial charge in [-0.1, -0.05) is 20.8 Å². The summed E-state index contributed by atoms with van der Waals surface area (Å²) < 4.78 is 0. The summed E-state index contributed by atoms with van der Waals surface area (Å²) >= 11 is 0. The molecule has 1 saturated carbocycles. The first-order valence-corrected chi connectivity index (χ1v) is 7.29. The van der Waals surface area contributed by atoms with Gasteiger partial charge >= 0.3 is 0 Å². The van der Waals surface area contributed by atoms with Gasteiger partial charge in [-0.2, -0.15) is 0 Å². The second-order valence-electron chi connectivity index (χ2n) is 6.86. The van der Waals surface area contributed by atoms with Crippen molar-refractivity contribution in [3.8, 4) is 0 Å². The van der Waals surface area contributed by atoms with Gasteiger partial charge in [0.25, 0.3) is 0 Å². The molecule has 1 fully saturated rings. The normalized spacial score (nSPS) is 28.9. The summed E-state index contributed by atoms with van der Waals surface area (Å²) in [6, 6.07) is 1.39. The molecule has 0 bridgehead atoms.